The van der Waals surface area contributed by atoms with Crippen LogP contribution in [0, 0.1) is 10.1 Å². The van der Waals surface area contributed by atoms with Gasteiger partial charge in [-0.05, 0) is 19.4 Å². The molecule has 1 aromatic carbocycles. The first kappa shape index (κ1) is 22.1. The number of hydrogen-bond donors (Lipinski definition) is 3. The molecular formula is C19H22N2O8. The van der Waals surface area contributed by atoms with Gasteiger partial charge in [-0.25, -0.2) is 9.59 Å². The van der Waals surface area contributed by atoms with Crippen LogP contribution in [0.1, 0.15) is 25.3 Å². The predicted octanol–water partition coefficient (Wildman–Crippen LogP) is 0.899. The highest BCUT2D eigenvalue weighted by Crippen LogP contribution is 2.40. The Morgan fingerprint density at radius 2 is 1.86 bits per heavy atom. The molecule has 0 bridgehead atoms. The fraction of sp³-hybridized carbons (Fsp3) is 0.368. The number of hydrogen-bond acceptors (Lipinski definition) is 9. The normalized spacial score (nSPS) is 17.5. The van der Waals surface area contributed by atoms with Crippen LogP contribution in [0.3, 0.4) is 0 Å². The number of nitrogens with one attached hydrogen (secondary N) is 1. The summed E-state index contributed by atoms with van der Waals surface area (Å²) < 4.78 is 9.93. The van der Waals surface area contributed by atoms with Crippen LogP contribution in [-0.4, -0.2) is 53.5 Å². The quantitative estimate of drug-likeness (QED) is 0.341. The van der Waals surface area contributed by atoms with Gasteiger partial charge in [0.1, 0.15) is 12.7 Å². The summed E-state index contributed by atoms with van der Waals surface area (Å²) in [5, 5.41) is 32.5. The molecule has 0 saturated carbocycles. The number of carbonyl (C=O) groups excluding carboxylic acids is 2. The number of dihydropyridines is 1. The number of nitrogens with zero attached hydrogens (tertiary/aromatic N) is 1. The van der Waals surface area contributed by atoms with Gasteiger partial charge in [-0.2, -0.15) is 0 Å². The van der Waals surface area contributed by atoms with E-state index in [1.165, 1.54) is 25.3 Å². The molecule has 1 heterocycles. The Hall–Kier alpha value is -3.24. The lowest BCUT2D eigenvalue weighted by atomic mass is 9.80. The van der Waals surface area contributed by atoms with Gasteiger partial charge in [0.15, 0.2) is 0 Å². The maximum Gasteiger partial charge on any atom is 0.336 e. The van der Waals surface area contributed by atoms with Crippen molar-refractivity contribution in [3.63, 3.8) is 0 Å². The Morgan fingerprint density at radius 1 is 1.24 bits per heavy atom. The highest BCUT2D eigenvalue weighted by Gasteiger charge is 2.38. The van der Waals surface area contributed by atoms with Crippen molar-refractivity contribution in [3.05, 3.63) is 62.5 Å². The number of rotatable bonds is 7. The minimum absolute atomic E-state index is 0.0432. The maximum atomic E-state index is 12.8. The van der Waals surface area contributed by atoms with Gasteiger partial charge in [0.05, 0.1) is 35.7 Å². The summed E-state index contributed by atoms with van der Waals surface area (Å²) in [5.41, 5.74) is 1.08. The molecule has 1 aliphatic heterocycles. The fourth-order valence-corrected chi connectivity index (χ4v) is 3.10. The van der Waals surface area contributed by atoms with Gasteiger partial charge in [0, 0.05) is 23.5 Å². The molecule has 0 radical (unpaired) electrons. The molecular weight excluding hydrogens is 384 g/mol. The van der Waals surface area contributed by atoms with Gasteiger partial charge in [-0.3, -0.25) is 10.1 Å². The number of ether oxygens (including phenoxy) is 2. The Bertz CT molecular complexity index is 890. The first-order valence-corrected chi connectivity index (χ1v) is 8.68. The molecule has 0 saturated heterocycles. The van der Waals surface area contributed by atoms with Crippen LogP contribution in [0.2, 0.25) is 0 Å². The zero-order chi connectivity index (χ0) is 21.7. The molecule has 1 aromatic rings. The molecule has 1 aliphatic rings. The molecule has 29 heavy (non-hydrogen) atoms. The number of carbonyl (C=O) groups is 2. The van der Waals surface area contributed by atoms with Crippen LogP contribution in [0.25, 0.3) is 0 Å². The number of aliphatic hydroxyl groups is 2. The van der Waals surface area contributed by atoms with E-state index in [0.29, 0.717) is 17.0 Å². The molecule has 156 valence electrons. The summed E-state index contributed by atoms with van der Waals surface area (Å²) in [4.78, 5) is 35.9. The largest absolute Gasteiger partial charge is 0.466 e. The number of aliphatic hydroxyl groups excluding tert-OH is 2. The minimum Gasteiger partial charge on any atom is -0.466 e. The molecule has 0 amide bonds. The van der Waals surface area contributed by atoms with Gasteiger partial charge in [-0.15, -0.1) is 0 Å². The van der Waals surface area contributed by atoms with Gasteiger partial charge >= 0.3 is 11.9 Å². The van der Waals surface area contributed by atoms with Crippen LogP contribution >= 0.6 is 0 Å². The second-order valence-electron chi connectivity index (χ2n) is 6.41. The SMILES string of the molecule is COC(=O)C1=C(C)NC(C)=C(C(=O)OCC(O)CO)C1c1cccc([N+](=O)[O-])c1. The number of non-ortho nitro benzene ring substituents is 1. The van der Waals surface area contributed by atoms with Crippen LogP contribution in [0.5, 0.6) is 0 Å². The summed E-state index contributed by atoms with van der Waals surface area (Å²) in [6.45, 7) is 2.17. The van der Waals surface area contributed by atoms with E-state index in [-0.39, 0.29) is 16.8 Å². The Morgan fingerprint density at radius 3 is 2.41 bits per heavy atom. The molecule has 10 heteroatoms. The van der Waals surface area contributed by atoms with E-state index in [9.17, 15) is 24.8 Å². The van der Waals surface area contributed by atoms with Crippen molar-refractivity contribution in [2.24, 2.45) is 0 Å². The second kappa shape index (κ2) is 9.30. The van der Waals surface area contributed by atoms with Crippen LogP contribution in [0.4, 0.5) is 5.69 Å². The molecule has 10 nitrogen and oxygen atoms in total. The van der Waals surface area contributed by atoms with Crippen molar-refractivity contribution >= 4 is 17.6 Å². The number of allylic oxidation sites excluding steroid dienone is 2. The molecule has 0 aromatic heterocycles. The third-order valence-corrected chi connectivity index (χ3v) is 4.42. The summed E-state index contributed by atoms with van der Waals surface area (Å²) in [6.07, 6.45) is -1.26. The standard InChI is InChI=1S/C19H22N2O8/c1-10-15(18(24)28-3)17(12-5-4-6-13(7-12)21(26)27)16(11(2)20-10)19(25)29-9-14(23)8-22/h4-7,14,17,20,22-23H,8-9H2,1-3H3. The van der Waals surface area contributed by atoms with Crippen molar-refractivity contribution < 1.29 is 34.2 Å². The minimum atomic E-state index is -1.26. The monoisotopic (exact) mass is 406 g/mol. The lowest BCUT2D eigenvalue weighted by Crippen LogP contribution is -2.33. The molecule has 2 unspecified atom stereocenters. The summed E-state index contributed by atoms with van der Waals surface area (Å²) >= 11 is 0. The summed E-state index contributed by atoms with van der Waals surface area (Å²) in [7, 11) is 1.19. The number of esters is 2. The van der Waals surface area contributed by atoms with Crippen molar-refractivity contribution in [1.29, 1.82) is 0 Å². The average molecular weight is 406 g/mol. The van der Waals surface area contributed by atoms with E-state index in [1.54, 1.807) is 19.9 Å². The molecule has 3 N–H and O–H groups in total. The highest BCUT2D eigenvalue weighted by atomic mass is 16.6. The molecule has 0 fully saturated rings. The number of benzene rings is 1. The lowest BCUT2D eigenvalue weighted by molar-refractivity contribution is -0.384. The molecule has 2 atom stereocenters. The molecule has 2 rings (SSSR count). The molecule has 0 spiro atoms. The third-order valence-electron chi connectivity index (χ3n) is 4.42. The van der Waals surface area contributed by atoms with Crippen LogP contribution in [0.15, 0.2) is 46.8 Å². The van der Waals surface area contributed by atoms with Crippen molar-refractivity contribution in [1.82, 2.24) is 5.32 Å². The van der Waals surface area contributed by atoms with Crippen molar-refractivity contribution in [2.45, 2.75) is 25.9 Å². The van der Waals surface area contributed by atoms with E-state index in [4.69, 9.17) is 14.6 Å². The predicted molar refractivity (Wildman–Crippen MR) is 100 cm³/mol. The number of methoxy groups -OCH3 is 1. The fourth-order valence-electron chi connectivity index (χ4n) is 3.10. The average Bonchev–Trinajstić information content (AvgIpc) is 2.70. The van der Waals surface area contributed by atoms with Gasteiger partial charge in [0.25, 0.3) is 5.69 Å². The zero-order valence-corrected chi connectivity index (χ0v) is 16.2. The lowest BCUT2D eigenvalue weighted by Gasteiger charge is -2.30. The van der Waals surface area contributed by atoms with E-state index < -0.39 is 42.1 Å². The highest BCUT2D eigenvalue weighted by molar-refractivity contribution is 5.99. The van der Waals surface area contributed by atoms with E-state index >= 15 is 0 Å². The topological polar surface area (TPSA) is 148 Å². The Labute approximate surface area is 166 Å². The van der Waals surface area contributed by atoms with Gasteiger partial charge in [0.2, 0.25) is 0 Å². The first-order chi connectivity index (χ1) is 13.7. The molecule has 0 aliphatic carbocycles. The van der Waals surface area contributed by atoms with E-state index in [0.717, 1.165) is 0 Å². The summed E-state index contributed by atoms with van der Waals surface area (Å²) in [5.74, 6) is -2.53. The van der Waals surface area contributed by atoms with Crippen LogP contribution < -0.4 is 5.32 Å². The van der Waals surface area contributed by atoms with Crippen molar-refractivity contribution in [2.75, 3.05) is 20.3 Å². The smallest absolute Gasteiger partial charge is 0.336 e. The van der Waals surface area contributed by atoms with Crippen LogP contribution in [-0.2, 0) is 19.1 Å². The Kier molecular flexibility index (Phi) is 7.08. The third kappa shape index (κ3) is 4.79. The maximum absolute atomic E-state index is 12.8. The van der Waals surface area contributed by atoms with E-state index in [1.807, 2.05) is 0 Å². The van der Waals surface area contributed by atoms with Gasteiger partial charge < -0.3 is 25.0 Å². The summed E-state index contributed by atoms with van der Waals surface area (Å²) in [6, 6.07) is 5.58. The first-order valence-electron chi connectivity index (χ1n) is 8.68. The van der Waals surface area contributed by atoms with Gasteiger partial charge in [-0.1, -0.05) is 12.1 Å². The van der Waals surface area contributed by atoms with Crippen molar-refractivity contribution in [3.8, 4) is 0 Å². The van der Waals surface area contributed by atoms with E-state index in [2.05, 4.69) is 5.32 Å². The Balaban J connectivity index is 2.59. The number of nitro groups is 1. The number of nitro benzene ring substituents is 1. The second-order valence-corrected chi connectivity index (χ2v) is 6.41. The zero-order valence-electron chi connectivity index (χ0n) is 16.2.